The highest BCUT2D eigenvalue weighted by Gasteiger charge is 2.49. The number of nitrogens with zero attached hydrogens (tertiary/aromatic N) is 3. The van der Waals surface area contributed by atoms with Crippen LogP contribution in [0.5, 0.6) is 34.5 Å². The van der Waals surface area contributed by atoms with Crippen LogP contribution in [0.25, 0.3) is 0 Å². The number of nitrogens with one attached hydrogen (secondary N) is 5. The second-order valence-corrected chi connectivity index (χ2v) is 40.2. The molecule has 5 amide bonds. The Bertz CT molecular complexity index is 4390. The number of hydrogen-bond acceptors (Lipinski definition) is 18. The lowest BCUT2D eigenvalue weighted by atomic mass is 9.93. The van der Waals surface area contributed by atoms with Gasteiger partial charge in [-0.2, -0.15) is 0 Å². The molecular weight excluding hydrogens is 1470 g/mol. The van der Waals surface area contributed by atoms with Gasteiger partial charge in [-0.1, -0.05) is 93.6 Å². The number of carbonyl (C=O) groups excluding carboxylic acids is 5. The molecule has 0 aliphatic carbocycles. The second-order valence-electron chi connectivity index (χ2n) is 23.0. The summed E-state index contributed by atoms with van der Waals surface area (Å²) in [5, 5.41) is 14.5. The lowest BCUT2D eigenvalue weighted by molar-refractivity contribution is -0.119. The van der Waals surface area contributed by atoms with E-state index in [9.17, 15) is 24.0 Å². The molecule has 34 heteroatoms. The molecule has 7 aromatic carbocycles. The Labute approximate surface area is 613 Å². The number of allylic oxidation sites excluding steroid dienone is 2. The van der Waals surface area contributed by atoms with Crippen LogP contribution in [0.1, 0.15) is 84.3 Å². The molecule has 0 bridgehead atoms. The molecule has 0 aromatic heterocycles. The molecule has 0 saturated carbocycles. The van der Waals surface area contributed by atoms with Crippen LogP contribution in [0.4, 0.5) is 28.4 Å². The number of amides is 5. The molecule has 1 aliphatic heterocycles. The van der Waals surface area contributed by atoms with Crippen molar-refractivity contribution < 1.29 is 51.1 Å². The molecule has 0 spiro atoms. The fourth-order valence-electron chi connectivity index (χ4n) is 9.04. The number of rotatable bonds is 33. The Kier molecular flexibility index (Phi) is 29.3. The minimum absolute atomic E-state index is 0.0378. The molecule has 0 saturated heterocycles. The number of aryl methyl sites for hydroxylation is 1. The summed E-state index contributed by atoms with van der Waals surface area (Å²) in [5.74, 6) is -1.17. The lowest BCUT2D eigenvalue weighted by Crippen LogP contribution is -2.22. The van der Waals surface area contributed by atoms with Crippen LogP contribution < -0.4 is 53.7 Å². The minimum atomic E-state index is -4.69. The maximum atomic E-state index is 13.9. The van der Waals surface area contributed by atoms with Crippen LogP contribution in [0.3, 0.4) is 0 Å². The molecule has 7 aromatic rings. The summed E-state index contributed by atoms with van der Waals surface area (Å²) in [6, 6.07) is 49.1. The summed E-state index contributed by atoms with van der Waals surface area (Å²) in [4.78, 5) is 67.3. The topological polar surface area (TPSA) is 238 Å². The van der Waals surface area contributed by atoms with Gasteiger partial charge in [0.25, 0.3) is 23.6 Å². The van der Waals surface area contributed by atoms with E-state index in [1.54, 1.807) is 155 Å². The highest BCUT2D eigenvalue weighted by Crippen LogP contribution is 2.79. The van der Waals surface area contributed by atoms with E-state index in [4.69, 9.17) is 118 Å². The molecule has 508 valence electrons. The first-order valence-electron chi connectivity index (χ1n) is 31.4. The van der Waals surface area contributed by atoms with E-state index < -0.39 is 89.6 Å². The predicted octanol–water partition coefficient (Wildman–Crippen LogP) is 18.5. The van der Waals surface area contributed by atoms with Crippen molar-refractivity contribution in [3.63, 3.8) is 0 Å². The predicted molar refractivity (Wildman–Crippen MR) is 428 cm³/mol. The van der Waals surface area contributed by atoms with Gasteiger partial charge in [0.15, 0.2) is 22.6 Å². The Morgan fingerprint density at radius 1 is 0.420 bits per heavy atom. The molecule has 1 aliphatic rings. The summed E-state index contributed by atoms with van der Waals surface area (Å²) >= 11 is 21.1. The average molecular weight is 1540 g/mol. The zero-order valence-electron chi connectivity index (χ0n) is 55.6. The highest BCUT2D eigenvalue weighted by atomic mass is 32.4. The van der Waals surface area contributed by atoms with E-state index in [0.717, 1.165) is 18.4 Å². The molecule has 8 rings (SSSR count). The zero-order chi connectivity index (χ0) is 72.3. The van der Waals surface area contributed by atoms with Crippen molar-refractivity contribution in [2.24, 2.45) is 19.5 Å². The van der Waals surface area contributed by atoms with Gasteiger partial charge in [0.05, 0.1) is 0 Å². The van der Waals surface area contributed by atoms with Gasteiger partial charge in [-0.25, -0.2) is 0 Å². The number of hydrogen-bond donors (Lipinski definition) is 5. The Balaban J connectivity index is 1.32. The average Bonchev–Trinajstić information content (AvgIpc) is 0.730. The van der Waals surface area contributed by atoms with Gasteiger partial charge in [0.1, 0.15) is 108 Å². The number of anilines is 5. The third kappa shape index (κ3) is 23.2. The van der Waals surface area contributed by atoms with Gasteiger partial charge >= 0.3 is 53.2 Å². The third-order valence-corrected chi connectivity index (χ3v) is 31.1. The molecule has 1 heterocycles. The Morgan fingerprint density at radius 3 is 1.08 bits per heavy atom. The fourth-order valence-corrected chi connectivity index (χ4v) is 20.4. The maximum absolute atomic E-state index is 13.9. The highest BCUT2D eigenvalue weighted by molar-refractivity contribution is 8.18. The first-order chi connectivity index (χ1) is 47.6. The monoisotopic (exact) mass is 1540 g/mol. The van der Waals surface area contributed by atoms with E-state index >= 15 is 0 Å². The molecule has 8 radical (unpaired) electrons. The van der Waals surface area contributed by atoms with Crippen LogP contribution in [-0.2, 0) is 71.2 Å². The van der Waals surface area contributed by atoms with Crippen molar-refractivity contribution in [1.82, 2.24) is 0 Å². The summed E-state index contributed by atoms with van der Waals surface area (Å²) in [6.07, 6.45) is 7.52. The maximum Gasteiger partial charge on any atom is 0.461 e. The third-order valence-electron chi connectivity index (χ3n) is 15.2. The van der Waals surface area contributed by atoms with Crippen LogP contribution in [0, 0.1) is 12.8 Å². The smallest absolute Gasteiger partial charge is 0.413 e. The van der Waals surface area contributed by atoms with Crippen LogP contribution in [-0.4, -0.2) is 82.4 Å². The number of carbonyl (C=O) groups is 5. The Morgan fingerprint density at radius 2 is 0.740 bits per heavy atom. The lowest BCUT2D eigenvalue weighted by Gasteiger charge is -2.33. The molecule has 0 fully saturated rings. The van der Waals surface area contributed by atoms with Gasteiger partial charge < -0.3 is 53.7 Å². The van der Waals surface area contributed by atoms with E-state index in [1.165, 1.54) is 11.6 Å². The van der Waals surface area contributed by atoms with Gasteiger partial charge in [0, 0.05) is 40.4 Å². The minimum Gasteiger partial charge on any atom is -0.413 e. The fraction of sp³-hybridized carbons (Fsp3) is 0.258. The van der Waals surface area contributed by atoms with Gasteiger partial charge in [-0.05, 0) is 193 Å². The molecule has 5 N–H and O–H groups in total. The summed E-state index contributed by atoms with van der Waals surface area (Å²) in [6.45, 7) is 6.35. The van der Waals surface area contributed by atoms with Crippen LogP contribution in [0.2, 0.25) is 0 Å². The standard InChI is InChI=1S/C66H71B4N8O11P7S4/c1-8-49(50-18-13-10-14-19-50)17-12-9-11-16-44(3)62(79)71-51-24-34-57(35-25-51)86-95(87-59-38-28-53(29-39-59)73-64(81)46(5)91(68)98)76-94(84-56-32-22-43(2)23-33-56,85-58-36-26-52(27-37-58)72-63(80)45(4)90(67)97)77-96(78-95,88-60-40-30-54(31-41-60)74-65(82)47(6)92(69)99)89-61-21-15-20-55(42-61)75-66(83)48(7)93(70)100/h9-10,12-15,18-42,44-49H,8,11,16-17H2,1-7H3,(H,71,79)(H,72,80)(H,73,81)(H,74,82)(H,75,83)/q+4/b12-9+. The van der Waals surface area contributed by atoms with Crippen LogP contribution >= 0.6 is 49.3 Å². The quantitative estimate of drug-likeness (QED) is 0.0146. The van der Waals surface area contributed by atoms with Gasteiger partial charge in [0.2, 0.25) is 5.91 Å². The van der Waals surface area contributed by atoms with E-state index in [1.807, 2.05) is 32.0 Å². The zero-order valence-corrected chi connectivity index (χ0v) is 65.1. The summed E-state index contributed by atoms with van der Waals surface area (Å²) < 4.78 is 58.8. The van der Waals surface area contributed by atoms with E-state index in [2.05, 4.69) is 69.9 Å². The van der Waals surface area contributed by atoms with Crippen molar-refractivity contribution in [2.45, 2.75) is 103 Å². The second kappa shape index (κ2) is 37.1. The SMILES string of the molecule is [B][P+](=S)C(C)C(=O)Nc1ccc(OP2(Oc3ccc(NC(=O)C(C)CC/C=C/CC(CC)c4ccccc4)cc3)=NP(Oc3ccc(C)cc3)(Oc3ccc(NC(=O)C(C)[P+]([B])=S)cc3)=NP(Oc3ccc(NC(=O)C(C)[P+]([B])=S)cc3)(Oc3cccc(NC(=O)C(C)[P+]([B])=S)c3)=N2)cc1. The van der Waals surface area contributed by atoms with Crippen LogP contribution in [0.15, 0.2) is 202 Å². The molecule has 13 atom stereocenters. The summed E-state index contributed by atoms with van der Waals surface area (Å²) in [5.41, 5.74) is 1.30. The molecule has 19 nitrogen and oxygen atoms in total. The van der Waals surface area contributed by atoms with E-state index in [0.29, 0.717) is 41.5 Å². The van der Waals surface area contributed by atoms with Crippen molar-refractivity contribution >= 4 is 185 Å². The van der Waals surface area contributed by atoms with Crippen molar-refractivity contribution in [3.05, 3.63) is 199 Å². The normalized spacial score (nSPS) is 18.6. The van der Waals surface area contributed by atoms with Crippen molar-refractivity contribution in [2.75, 3.05) is 26.6 Å². The number of benzene rings is 7. The van der Waals surface area contributed by atoms with Crippen molar-refractivity contribution in [1.29, 1.82) is 0 Å². The molecule has 100 heavy (non-hydrogen) atoms. The van der Waals surface area contributed by atoms with Gasteiger partial charge in [-0.3, -0.25) is 24.0 Å². The largest absolute Gasteiger partial charge is 0.461 e. The summed E-state index contributed by atoms with van der Waals surface area (Å²) in [7, 11) is 10.1. The van der Waals surface area contributed by atoms with E-state index in [-0.39, 0.29) is 57.9 Å². The first kappa shape index (κ1) is 79.2. The van der Waals surface area contributed by atoms with Crippen molar-refractivity contribution in [3.8, 4) is 34.5 Å². The first-order valence-corrected chi connectivity index (χ1v) is 45.9. The molecule has 13 unspecified atom stereocenters. The Hall–Kier alpha value is -6.54. The van der Waals surface area contributed by atoms with Gasteiger partial charge in [-0.15, -0.1) is 0 Å². The molecular formula is C66H71B4N8O11P7S4+4.